The fourth-order valence-corrected chi connectivity index (χ4v) is 2.01. The molecule has 0 aromatic heterocycles. The summed E-state index contributed by atoms with van der Waals surface area (Å²) in [6.45, 7) is 4.09. The van der Waals surface area contributed by atoms with Gasteiger partial charge in [-0.05, 0) is 53.6 Å². The first-order valence-corrected chi connectivity index (χ1v) is 6.31. The molecule has 0 atom stereocenters. The third-order valence-corrected chi connectivity index (χ3v) is 3.12. The first-order chi connectivity index (χ1) is 7.17. The van der Waals surface area contributed by atoms with Crippen molar-refractivity contribution in [1.29, 1.82) is 0 Å². The van der Waals surface area contributed by atoms with Crippen molar-refractivity contribution in [3.8, 4) is 0 Å². The number of hydrogen-bond acceptors (Lipinski definition) is 1. The van der Waals surface area contributed by atoms with Crippen molar-refractivity contribution < 1.29 is 4.79 Å². The van der Waals surface area contributed by atoms with Crippen molar-refractivity contribution in [1.82, 2.24) is 0 Å². The first kappa shape index (κ1) is 12.5. The van der Waals surface area contributed by atoms with Crippen LogP contribution < -0.4 is 5.32 Å². The Labute approximate surface area is 105 Å². The maximum absolute atomic E-state index is 11.8. The molecule has 0 fully saturated rings. The summed E-state index contributed by atoms with van der Waals surface area (Å²) in [4.78, 5) is 11.8. The number of nitrogens with one attached hydrogen (secondary N) is 1. The SMILES string of the molecule is CCC(CC)C(=O)Nc1cccc(I)c1. The van der Waals surface area contributed by atoms with Crippen molar-refractivity contribution in [2.45, 2.75) is 26.7 Å². The van der Waals surface area contributed by atoms with E-state index in [9.17, 15) is 4.79 Å². The molecular formula is C12H16INO. The molecule has 0 radical (unpaired) electrons. The second-order valence-corrected chi connectivity index (χ2v) is 4.76. The van der Waals surface area contributed by atoms with Crippen molar-refractivity contribution in [2.24, 2.45) is 5.92 Å². The van der Waals surface area contributed by atoms with Crippen LogP contribution in [0, 0.1) is 9.49 Å². The Balaban J connectivity index is 2.65. The van der Waals surface area contributed by atoms with Crippen molar-refractivity contribution in [2.75, 3.05) is 5.32 Å². The smallest absolute Gasteiger partial charge is 0.227 e. The van der Waals surface area contributed by atoms with Crippen molar-refractivity contribution in [3.05, 3.63) is 27.8 Å². The van der Waals surface area contributed by atoms with Gasteiger partial charge in [-0.3, -0.25) is 4.79 Å². The van der Waals surface area contributed by atoms with Crippen LogP contribution in [0.2, 0.25) is 0 Å². The largest absolute Gasteiger partial charge is 0.326 e. The predicted octanol–water partition coefficient (Wildman–Crippen LogP) is 3.67. The lowest BCUT2D eigenvalue weighted by Gasteiger charge is -2.12. The molecule has 3 heteroatoms. The number of carbonyl (C=O) groups is 1. The van der Waals surface area contributed by atoms with E-state index in [1.54, 1.807) is 0 Å². The highest BCUT2D eigenvalue weighted by Gasteiger charge is 2.13. The van der Waals surface area contributed by atoms with Crippen LogP contribution in [0.3, 0.4) is 0 Å². The minimum atomic E-state index is 0.127. The molecule has 2 nitrogen and oxygen atoms in total. The Hall–Kier alpha value is -0.580. The molecule has 1 amide bonds. The van der Waals surface area contributed by atoms with Gasteiger partial charge in [0, 0.05) is 15.2 Å². The zero-order chi connectivity index (χ0) is 11.3. The van der Waals surface area contributed by atoms with Gasteiger partial charge in [-0.25, -0.2) is 0 Å². The van der Waals surface area contributed by atoms with E-state index >= 15 is 0 Å². The number of carbonyl (C=O) groups excluding carboxylic acids is 1. The number of hydrogen-bond donors (Lipinski definition) is 1. The number of anilines is 1. The predicted molar refractivity (Wildman–Crippen MR) is 71.9 cm³/mol. The summed E-state index contributed by atoms with van der Waals surface area (Å²) in [6.07, 6.45) is 1.79. The molecule has 15 heavy (non-hydrogen) atoms. The highest BCUT2D eigenvalue weighted by molar-refractivity contribution is 14.1. The summed E-state index contributed by atoms with van der Waals surface area (Å²) in [5, 5.41) is 2.94. The summed E-state index contributed by atoms with van der Waals surface area (Å²) >= 11 is 2.24. The number of halogens is 1. The second-order valence-electron chi connectivity index (χ2n) is 3.51. The third-order valence-electron chi connectivity index (χ3n) is 2.45. The average Bonchev–Trinajstić information content (AvgIpc) is 2.19. The monoisotopic (exact) mass is 317 g/mol. The Morgan fingerprint density at radius 3 is 2.60 bits per heavy atom. The highest BCUT2D eigenvalue weighted by atomic mass is 127. The molecule has 0 aliphatic carbocycles. The normalized spacial score (nSPS) is 10.4. The minimum absolute atomic E-state index is 0.127. The lowest BCUT2D eigenvalue weighted by Crippen LogP contribution is -2.21. The van der Waals surface area contributed by atoms with E-state index in [1.807, 2.05) is 38.1 Å². The van der Waals surface area contributed by atoms with E-state index in [-0.39, 0.29) is 11.8 Å². The van der Waals surface area contributed by atoms with Gasteiger partial charge in [0.1, 0.15) is 0 Å². The summed E-state index contributed by atoms with van der Waals surface area (Å²) in [5.74, 6) is 0.255. The van der Waals surface area contributed by atoms with Crippen molar-refractivity contribution >= 4 is 34.2 Å². The van der Waals surface area contributed by atoms with Crippen LogP contribution in [0.4, 0.5) is 5.69 Å². The van der Waals surface area contributed by atoms with E-state index in [4.69, 9.17) is 0 Å². The van der Waals surface area contributed by atoms with Gasteiger partial charge in [-0.15, -0.1) is 0 Å². The van der Waals surface area contributed by atoms with Crippen LogP contribution in [0.1, 0.15) is 26.7 Å². The molecule has 1 N–H and O–H groups in total. The van der Waals surface area contributed by atoms with Gasteiger partial charge >= 0.3 is 0 Å². The van der Waals surface area contributed by atoms with Crippen LogP contribution in [0.25, 0.3) is 0 Å². The Morgan fingerprint density at radius 1 is 1.40 bits per heavy atom. The second kappa shape index (κ2) is 6.10. The molecule has 0 aliphatic heterocycles. The zero-order valence-corrected chi connectivity index (χ0v) is 11.2. The maximum atomic E-state index is 11.8. The molecule has 1 rings (SSSR count). The molecule has 0 saturated carbocycles. The van der Waals surface area contributed by atoms with Gasteiger partial charge in [-0.2, -0.15) is 0 Å². The quantitative estimate of drug-likeness (QED) is 0.844. The maximum Gasteiger partial charge on any atom is 0.227 e. The van der Waals surface area contributed by atoms with Gasteiger partial charge in [0.15, 0.2) is 0 Å². The van der Waals surface area contributed by atoms with Crippen LogP contribution in [0.15, 0.2) is 24.3 Å². The molecule has 82 valence electrons. The number of benzene rings is 1. The lowest BCUT2D eigenvalue weighted by atomic mass is 10.0. The molecular weight excluding hydrogens is 301 g/mol. The first-order valence-electron chi connectivity index (χ1n) is 5.23. The van der Waals surface area contributed by atoms with Crippen LogP contribution in [-0.4, -0.2) is 5.91 Å². The van der Waals surface area contributed by atoms with E-state index in [0.717, 1.165) is 22.1 Å². The van der Waals surface area contributed by atoms with E-state index in [1.165, 1.54) is 0 Å². The van der Waals surface area contributed by atoms with E-state index < -0.39 is 0 Å². The molecule has 0 bridgehead atoms. The van der Waals surface area contributed by atoms with E-state index in [2.05, 4.69) is 27.9 Å². The summed E-state index contributed by atoms with van der Waals surface area (Å²) in [5.41, 5.74) is 0.888. The van der Waals surface area contributed by atoms with Crippen molar-refractivity contribution in [3.63, 3.8) is 0 Å². The average molecular weight is 317 g/mol. The highest BCUT2D eigenvalue weighted by Crippen LogP contribution is 2.15. The number of amides is 1. The Bertz CT molecular complexity index is 334. The Kier molecular flexibility index (Phi) is 5.08. The van der Waals surface area contributed by atoms with Crippen LogP contribution >= 0.6 is 22.6 Å². The summed E-state index contributed by atoms with van der Waals surface area (Å²) in [6, 6.07) is 7.85. The molecule has 1 aromatic rings. The fraction of sp³-hybridized carbons (Fsp3) is 0.417. The molecule has 0 unspecified atom stereocenters. The zero-order valence-electron chi connectivity index (χ0n) is 9.09. The van der Waals surface area contributed by atoms with Gasteiger partial charge in [0.05, 0.1) is 0 Å². The molecule has 0 spiro atoms. The molecule has 0 heterocycles. The Morgan fingerprint density at radius 2 is 2.07 bits per heavy atom. The molecule has 0 saturated heterocycles. The summed E-state index contributed by atoms with van der Waals surface area (Å²) < 4.78 is 1.13. The van der Waals surface area contributed by atoms with Gasteiger partial charge in [0.2, 0.25) is 5.91 Å². The van der Waals surface area contributed by atoms with Gasteiger partial charge in [0.25, 0.3) is 0 Å². The fourth-order valence-electron chi connectivity index (χ4n) is 1.47. The molecule has 1 aromatic carbocycles. The number of rotatable bonds is 4. The van der Waals surface area contributed by atoms with E-state index in [0.29, 0.717) is 0 Å². The topological polar surface area (TPSA) is 29.1 Å². The van der Waals surface area contributed by atoms with Crippen LogP contribution in [0.5, 0.6) is 0 Å². The lowest BCUT2D eigenvalue weighted by molar-refractivity contribution is -0.120. The van der Waals surface area contributed by atoms with Gasteiger partial charge < -0.3 is 5.32 Å². The molecule has 0 aliphatic rings. The third kappa shape index (κ3) is 3.81. The van der Waals surface area contributed by atoms with Gasteiger partial charge in [-0.1, -0.05) is 19.9 Å². The summed E-state index contributed by atoms with van der Waals surface area (Å²) in [7, 11) is 0. The standard InChI is InChI=1S/C12H16INO/c1-3-9(4-2)12(15)14-11-7-5-6-10(13)8-11/h5-9H,3-4H2,1-2H3,(H,14,15). The van der Waals surface area contributed by atoms with Crippen LogP contribution in [-0.2, 0) is 4.79 Å². The minimum Gasteiger partial charge on any atom is -0.326 e.